The Morgan fingerprint density at radius 1 is 1.25 bits per heavy atom. The zero-order valence-corrected chi connectivity index (χ0v) is 7.03. The largest absolute Gasteiger partial charge is 0.197 e. The van der Waals surface area contributed by atoms with Crippen molar-refractivity contribution in [3.8, 4) is 0 Å². The fourth-order valence-corrected chi connectivity index (χ4v) is 0. The fraction of sp³-hybridized carbons (Fsp3) is 0. The van der Waals surface area contributed by atoms with Crippen molar-refractivity contribution in [2.24, 2.45) is 0 Å². The molecule has 0 saturated heterocycles. The average Bonchev–Trinajstić information content (AvgIpc) is 1.00. The van der Waals surface area contributed by atoms with Gasteiger partial charge in [-0.3, -0.25) is 0 Å². The Labute approximate surface area is 93.9 Å². The molecule has 29 valence electrons. The summed E-state index contributed by atoms with van der Waals surface area (Å²) in [5.74, 6) is 0. The van der Waals surface area contributed by atoms with E-state index in [0.717, 1.165) is 0 Å². The zero-order valence-electron chi connectivity index (χ0n) is 1.66. The van der Waals surface area contributed by atoms with Gasteiger partial charge in [0.05, 0.1) is 0 Å². The molecule has 0 aromatic rings. The van der Waals surface area contributed by atoms with Crippen molar-refractivity contribution in [2.75, 3.05) is 0 Å². The summed E-state index contributed by atoms with van der Waals surface area (Å²) in [7, 11) is 0. The first-order valence-electron chi connectivity index (χ1n) is 0.167. The summed E-state index contributed by atoms with van der Waals surface area (Å²) in [6.07, 6.45) is 0. The van der Waals surface area contributed by atoms with Gasteiger partial charge in [0.2, 0.25) is 0 Å². The quantitative estimate of drug-likeness (QED) is 0.609. The molecule has 0 aliphatic carbocycles. The molecule has 1 nitrogen and oxygen atoms in total. The molecule has 1 radical (unpaired) electrons. The maximum absolute atomic E-state index is 7.83. The van der Waals surface area contributed by atoms with Gasteiger partial charge in [-0.05, 0) is 0 Å². The van der Waals surface area contributed by atoms with Crippen LogP contribution in [0.1, 0.15) is 0 Å². The summed E-state index contributed by atoms with van der Waals surface area (Å²) in [6.45, 7) is 0. The summed E-state index contributed by atoms with van der Waals surface area (Å²) in [5, 5.41) is 0. The number of hydrogen-bond donors (Lipinski definition) is 0. The molecule has 0 N–H and O–H groups in total. The van der Waals surface area contributed by atoms with Crippen molar-refractivity contribution in [1.29, 1.82) is 0 Å². The van der Waals surface area contributed by atoms with E-state index in [1.165, 1.54) is 0 Å². The smallest absolute Gasteiger partial charge is 0.197 e. The predicted molar refractivity (Wildman–Crippen MR) is 8.14 cm³/mol. The van der Waals surface area contributed by atoms with Crippen LogP contribution in [0.15, 0.2) is 0 Å². The van der Waals surface area contributed by atoms with Gasteiger partial charge in [0.15, 0.2) is 12.5 Å². The monoisotopic (exact) mass is 311 g/mol. The second kappa shape index (κ2) is 17.4. The van der Waals surface area contributed by atoms with Crippen LogP contribution in [0.4, 0.5) is 0 Å². The van der Waals surface area contributed by atoms with Gasteiger partial charge in [0, 0.05) is 79.6 Å². The molecule has 0 spiro atoms. The molecule has 0 saturated carbocycles. The molecule has 0 aromatic carbocycles. The summed E-state index contributed by atoms with van der Waals surface area (Å²) in [6, 6.07) is 0. The van der Waals surface area contributed by atoms with Crippen molar-refractivity contribution in [3.63, 3.8) is 0 Å². The average molecular weight is 310 g/mol. The topological polar surface area (TPSA) is 17.1 Å². The third-order valence-corrected chi connectivity index (χ3v) is 0. The SMILES string of the molecule is O=S.[Y].[Yb]. The van der Waals surface area contributed by atoms with Crippen molar-refractivity contribution < 1.29 is 83.8 Å². The molecule has 4 heavy (non-hydrogen) atoms. The van der Waals surface area contributed by atoms with Crippen LogP contribution >= 0.6 is 0 Å². The van der Waals surface area contributed by atoms with Crippen LogP contribution in [0.3, 0.4) is 0 Å². The molecule has 0 fully saturated rings. The second-order valence-corrected chi connectivity index (χ2v) is 0. The van der Waals surface area contributed by atoms with E-state index in [1.54, 1.807) is 0 Å². The fourth-order valence-electron chi connectivity index (χ4n) is 0. The van der Waals surface area contributed by atoms with Gasteiger partial charge in [-0.1, -0.05) is 0 Å². The van der Waals surface area contributed by atoms with Gasteiger partial charge in [-0.25, -0.2) is 0 Å². The first kappa shape index (κ1) is 15.9. The van der Waals surface area contributed by atoms with E-state index < -0.39 is 0 Å². The molecule has 0 atom stereocenters. The first-order chi connectivity index (χ1) is 1.00. The van der Waals surface area contributed by atoms with Crippen LogP contribution in [0, 0.1) is 46.9 Å². The Morgan fingerprint density at radius 3 is 1.25 bits per heavy atom. The van der Waals surface area contributed by atoms with Gasteiger partial charge in [-0.15, -0.1) is 0 Å². The Hall–Kier alpha value is 2.64. The van der Waals surface area contributed by atoms with Crippen molar-refractivity contribution >= 4 is 12.5 Å². The number of hydrogen-bond acceptors (Lipinski definition) is 2. The molecule has 0 aliphatic rings. The van der Waals surface area contributed by atoms with E-state index in [9.17, 15) is 0 Å². The second-order valence-electron chi connectivity index (χ2n) is 0. The van der Waals surface area contributed by atoms with Crippen LogP contribution in [0.5, 0.6) is 0 Å². The van der Waals surface area contributed by atoms with Crippen molar-refractivity contribution in [1.82, 2.24) is 0 Å². The van der Waals surface area contributed by atoms with Gasteiger partial charge >= 0.3 is 0 Å². The standard InChI is InChI=1S/OS.Y.Yb/c1-2;;. The molecule has 0 unspecified atom stereocenters. The minimum atomic E-state index is 0. The Balaban J connectivity index is -0.00000000500. The van der Waals surface area contributed by atoms with E-state index in [2.05, 4.69) is 12.5 Å². The molecule has 4 heteroatoms. The molecular formula is OSYYb. The van der Waals surface area contributed by atoms with E-state index >= 15 is 0 Å². The van der Waals surface area contributed by atoms with Crippen LogP contribution in [-0.2, 0) is 45.2 Å². The van der Waals surface area contributed by atoms with Gasteiger partial charge in [0.1, 0.15) is 0 Å². The molecule has 0 amide bonds. The van der Waals surface area contributed by atoms with E-state index in [0.29, 0.717) is 0 Å². The molecular weight excluding hydrogens is 310 g/mol. The molecule has 0 aromatic heterocycles. The maximum atomic E-state index is 7.83. The molecule has 0 bridgehead atoms. The Morgan fingerprint density at radius 2 is 1.25 bits per heavy atom. The molecule has 0 aliphatic heterocycles. The van der Waals surface area contributed by atoms with Crippen LogP contribution in [-0.4, -0.2) is 4.21 Å². The summed E-state index contributed by atoms with van der Waals surface area (Å²) < 4.78 is 7.83. The maximum Gasteiger partial charge on any atom is 0.197 e. The normalized spacial score (nSPS) is 1.00. The van der Waals surface area contributed by atoms with Crippen molar-refractivity contribution in [3.05, 3.63) is 0 Å². The van der Waals surface area contributed by atoms with Gasteiger partial charge in [-0.2, -0.15) is 4.21 Å². The van der Waals surface area contributed by atoms with Gasteiger partial charge in [0.25, 0.3) is 0 Å². The Bertz CT molecular complexity index is 8.00. The van der Waals surface area contributed by atoms with Crippen LogP contribution in [0.2, 0.25) is 0 Å². The summed E-state index contributed by atoms with van der Waals surface area (Å²) in [4.78, 5) is 0. The number of rotatable bonds is 0. The third-order valence-electron chi connectivity index (χ3n) is 0. The van der Waals surface area contributed by atoms with E-state index in [4.69, 9.17) is 4.21 Å². The summed E-state index contributed by atoms with van der Waals surface area (Å²) >= 11 is 2.83. The predicted octanol–water partition coefficient (Wildman–Crippen LogP) is -0.339. The minimum absolute atomic E-state index is 0. The third kappa shape index (κ3) is 8.82. The van der Waals surface area contributed by atoms with E-state index in [-0.39, 0.29) is 79.6 Å². The Kier molecular flexibility index (Phi) is 69.4. The molecule has 0 heterocycles. The minimum Gasteiger partial charge on any atom is -0.197 e. The van der Waals surface area contributed by atoms with Crippen LogP contribution < -0.4 is 0 Å². The zero-order chi connectivity index (χ0) is 2.00. The summed E-state index contributed by atoms with van der Waals surface area (Å²) in [5.41, 5.74) is 0. The van der Waals surface area contributed by atoms with Gasteiger partial charge < -0.3 is 0 Å². The first-order valence-corrected chi connectivity index (χ1v) is 0.500. The van der Waals surface area contributed by atoms with Crippen molar-refractivity contribution in [2.45, 2.75) is 0 Å². The molecule has 0 rings (SSSR count). The van der Waals surface area contributed by atoms with Crippen LogP contribution in [0.25, 0.3) is 0 Å². The van der Waals surface area contributed by atoms with E-state index in [1.807, 2.05) is 0 Å².